The number of β-amino-alcohol motifs (C(OH)–C–C–N with tert-alkyl or cyclic N) is 1. The second kappa shape index (κ2) is 17.3. The third-order valence-corrected chi connectivity index (χ3v) is 11.3. The largest absolute Gasteiger partial charge is 0.490 e. The number of thiazole rings is 1. The van der Waals surface area contributed by atoms with Gasteiger partial charge in [-0.2, -0.15) is 13.2 Å². The van der Waals surface area contributed by atoms with Crippen LogP contribution in [0.4, 0.5) is 13.2 Å². The SMILES string of the molecule is CC(C)(c1csc(-c2cncc(Cl)c2)n1)N1CCN(C[C@@H](O)C[C@@H](Cc2ccccc2)C(=O)N[C@H]2c3ccccc3OC[C@H]2O)[C@H](C(=O)NCC(F)(F)F)C1. The van der Waals surface area contributed by atoms with Crippen LogP contribution in [-0.2, 0) is 21.5 Å². The number of carbonyl (C=O) groups is 2. The monoisotopic (exact) mass is 800 g/mol. The predicted octanol–water partition coefficient (Wildman–Crippen LogP) is 4.98. The molecule has 4 aromatic rings. The lowest BCUT2D eigenvalue weighted by atomic mass is 9.90. The van der Waals surface area contributed by atoms with Crippen LogP contribution in [0.5, 0.6) is 5.75 Å². The van der Waals surface area contributed by atoms with Crippen molar-refractivity contribution in [1.82, 2.24) is 30.4 Å². The maximum atomic E-state index is 14.0. The fraction of sp³-hybridized carbons (Fsp3) is 0.436. The molecule has 6 rings (SSSR count). The topological polar surface area (TPSA) is 140 Å². The van der Waals surface area contributed by atoms with E-state index in [1.54, 1.807) is 41.4 Å². The Labute approximate surface area is 326 Å². The number of amides is 2. The number of piperazine rings is 1. The van der Waals surface area contributed by atoms with Crippen LogP contribution in [0, 0.1) is 5.92 Å². The molecule has 0 radical (unpaired) electrons. The van der Waals surface area contributed by atoms with E-state index in [4.69, 9.17) is 21.3 Å². The Balaban J connectivity index is 1.19. The summed E-state index contributed by atoms with van der Waals surface area (Å²) in [6.07, 6.45) is -3.28. The van der Waals surface area contributed by atoms with Crippen molar-refractivity contribution >= 4 is 34.8 Å². The van der Waals surface area contributed by atoms with Gasteiger partial charge in [-0.25, -0.2) is 4.98 Å². The van der Waals surface area contributed by atoms with Gasteiger partial charge in [0.1, 0.15) is 36.1 Å². The summed E-state index contributed by atoms with van der Waals surface area (Å²) in [5.41, 5.74) is 2.23. The number of rotatable bonds is 13. The van der Waals surface area contributed by atoms with E-state index < -0.39 is 54.4 Å². The summed E-state index contributed by atoms with van der Waals surface area (Å²) in [6.45, 7) is 3.05. The van der Waals surface area contributed by atoms with E-state index >= 15 is 0 Å². The van der Waals surface area contributed by atoms with Crippen LogP contribution >= 0.6 is 22.9 Å². The highest BCUT2D eigenvalue weighted by molar-refractivity contribution is 7.13. The molecular weight excluding hydrogens is 757 g/mol. The molecule has 11 nitrogen and oxygen atoms in total. The molecule has 2 aliphatic heterocycles. The third-order valence-electron chi connectivity index (χ3n) is 10.2. The number of pyridine rings is 1. The van der Waals surface area contributed by atoms with Crippen LogP contribution in [0.2, 0.25) is 5.02 Å². The Morgan fingerprint density at radius 3 is 2.58 bits per heavy atom. The second-order valence-corrected chi connectivity index (χ2v) is 15.8. The number of halogens is 4. The lowest BCUT2D eigenvalue weighted by Gasteiger charge is -2.47. The number of hydrogen-bond donors (Lipinski definition) is 4. The standard InChI is InChI=1S/C39H44ClF3N6O5S/c1-38(2,33-22-55-37(46-33)26-15-27(40)18-44-17-26)49-13-12-48(30(20-49)36(53)45-23-39(41,42)43)19-28(50)16-25(14-24-8-4-3-5-9-24)35(52)47-34-29-10-6-7-11-32(29)54-21-31(34)51/h3-11,15,17-18,22,25,28,30-31,34,50-51H,12-14,16,19-21,23H2,1-2H3,(H,45,53)(H,47,52)/t25-,28+,30+,31-,34+/m1/s1. The average molecular weight is 801 g/mol. The predicted molar refractivity (Wildman–Crippen MR) is 202 cm³/mol. The number of alkyl halides is 3. The van der Waals surface area contributed by atoms with Gasteiger partial charge in [0.05, 0.1) is 28.4 Å². The van der Waals surface area contributed by atoms with E-state index in [1.807, 2.05) is 59.8 Å². The van der Waals surface area contributed by atoms with Crippen LogP contribution < -0.4 is 15.4 Å². The maximum absolute atomic E-state index is 14.0. The minimum absolute atomic E-state index is 0.00246. The van der Waals surface area contributed by atoms with Gasteiger partial charge < -0.3 is 25.6 Å². The number of ether oxygens (including phenoxy) is 1. The lowest BCUT2D eigenvalue weighted by molar-refractivity contribution is -0.144. The summed E-state index contributed by atoms with van der Waals surface area (Å²) in [5.74, 6) is -1.39. The van der Waals surface area contributed by atoms with Gasteiger partial charge in [-0.15, -0.1) is 11.3 Å². The second-order valence-electron chi connectivity index (χ2n) is 14.5. The number of carbonyl (C=O) groups excluding carboxylic acids is 2. The highest BCUT2D eigenvalue weighted by Crippen LogP contribution is 2.35. The van der Waals surface area contributed by atoms with Crippen molar-refractivity contribution in [1.29, 1.82) is 0 Å². The van der Waals surface area contributed by atoms with E-state index in [1.165, 1.54) is 17.5 Å². The van der Waals surface area contributed by atoms with E-state index in [9.17, 15) is 33.0 Å². The van der Waals surface area contributed by atoms with Gasteiger partial charge in [0.25, 0.3) is 0 Å². The molecular formula is C39H44ClF3N6O5S. The van der Waals surface area contributed by atoms with Crippen LogP contribution in [0.25, 0.3) is 10.6 Å². The van der Waals surface area contributed by atoms with E-state index in [-0.39, 0.29) is 45.0 Å². The average Bonchev–Trinajstić information content (AvgIpc) is 3.67. The number of nitrogens with one attached hydrogen (secondary N) is 2. The van der Waals surface area contributed by atoms with Gasteiger partial charge in [-0.1, -0.05) is 60.1 Å². The first-order valence-corrected chi connectivity index (χ1v) is 19.3. The number of hydrogen-bond acceptors (Lipinski definition) is 10. The van der Waals surface area contributed by atoms with E-state index in [0.717, 1.165) is 11.1 Å². The molecule has 55 heavy (non-hydrogen) atoms. The number of aliphatic hydroxyl groups is 2. The summed E-state index contributed by atoms with van der Waals surface area (Å²) < 4.78 is 45.4. The van der Waals surface area contributed by atoms with Crippen molar-refractivity contribution < 1.29 is 37.7 Å². The Kier molecular flexibility index (Phi) is 12.8. The summed E-state index contributed by atoms with van der Waals surface area (Å²) in [6, 6.07) is 16.4. The van der Waals surface area contributed by atoms with E-state index in [2.05, 4.69) is 10.3 Å². The fourth-order valence-electron chi connectivity index (χ4n) is 7.13. The van der Waals surface area contributed by atoms with Gasteiger partial charge in [0.15, 0.2) is 0 Å². The number of benzene rings is 2. The quantitative estimate of drug-likeness (QED) is 0.148. The number of aromatic nitrogens is 2. The number of para-hydroxylation sites is 1. The molecule has 1 saturated heterocycles. The molecule has 1 fully saturated rings. The zero-order valence-electron chi connectivity index (χ0n) is 30.4. The first-order chi connectivity index (χ1) is 26.2. The summed E-state index contributed by atoms with van der Waals surface area (Å²) in [7, 11) is 0. The molecule has 0 spiro atoms. The van der Waals surface area contributed by atoms with Gasteiger partial charge >= 0.3 is 6.18 Å². The first kappa shape index (κ1) is 40.5. The molecule has 2 aromatic carbocycles. The smallest absolute Gasteiger partial charge is 0.405 e. The van der Waals surface area contributed by atoms with Crippen LogP contribution in [0.1, 0.15) is 43.1 Å². The normalized spacial score (nSPS) is 20.5. The van der Waals surface area contributed by atoms with Crippen molar-refractivity contribution in [2.45, 2.75) is 62.7 Å². The van der Waals surface area contributed by atoms with Crippen molar-refractivity contribution in [3.8, 4) is 16.3 Å². The van der Waals surface area contributed by atoms with Gasteiger partial charge in [0, 0.05) is 61.0 Å². The fourth-order valence-corrected chi connectivity index (χ4v) is 8.26. The number of aliphatic hydroxyl groups excluding tert-OH is 2. The molecule has 16 heteroatoms. The summed E-state index contributed by atoms with van der Waals surface area (Å²) in [5, 5.41) is 30.5. The van der Waals surface area contributed by atoms with Crippen LogP contribution in [-0.4, -0.2) is 106 Å². The molecule has 4 heterocycles. The molecule has 294 valence electrons. The molecule has 0 aliphatic carbocycles. The molecule has 5 atom stereocenters. The number of fused-ring (bicyclic) bond motifs is 1. The summed E-state index contributed by atoms with van der Waals surface area (Å²) in [4.78, 5) is 40.1. The summed E-state index contributed by atoms with van der Waals surface area (Å²) >= 11 is 7.55. The molecule has 0 bridgehead atoms. The molecule has 2 aromatic heterocycles. The van der Waals surface area contributed by atoms with Gasteiger partial charge in [0.2, 0.25) is 11.8 Å². The Bertz CT molecular complexity index is 1930. The molecule has 0 unspecified atom stereocenters. The molecule has 4 N–H and O–H groups in total. The van der Waals surface area contributed by atoms with Gasteiger partial charge in [-0.05, 0) is 44.4 Å². The zero-order chi connectivity index (χ0) is 39.3. The number of nitrogens with zero attached hydrogens (tertiary/aromatic N) is 4. The highest BCUT2D eigenvalue weighted by atomic mass is 35.5. The third kappa shape index (κ3) is 10.2. The Morgan fingerprint density at radius 2 is 1.84 bits per heavy atom. The Morgan fingerprint density at radius 1 is 1.09 bits per heavy atom. The minimum Gasteiger partial charge on any atom is -0.490 e. The zero-order valence-corrected chi connectivity index (χ0v) is 31.9. The van der Waals surface area contributed by atoms with Crippen LogP contribution in [0.15, 0.2) is 78.4 Å². The van der Waals surface area contributed by atoms with Crippen molar-refractivity contribution in [3.63, 3.8) is 0 Å². The first-order valence-electron chi connectivity index (χ1n) is 18.0. The molecule has 2 aliphatic rings. The van der Waals surface area contributed by atoms with Crippen molar-refractivity contribution in [3.05, 3.63) is 100 Å². The van der Waals surface area contributed by atoms with Gasteiger partial charge in [-0.3, -0.25) is 24.4 Å². The highest BCUT2D eigenvalue weighted by Gasteiger charge is 2.42. The van der Waals surface area contributed by atoms with E-state index in [0.29, 0.717) is 33.6 Å². The minimum atomic E-state index is -4.61. The van der Waals surface area contributed by atoms with Crippen LogP contribution in [0.3, 0.4) is 0 Å². The lowest BCUT2D eigenvalue weighted by Crippen LogP contribution is -2.63. The Hall–Kier alpha value is -4.12. The van der Waals surface area contributed by atoms with Crippen molar-refractivity contribution in [2.24, 2.45) is 5.92 Å². The maximum Gasteiger partial charge on any atom is 0.405 e. The molecule has 0 saturated carbocycles. The molecule has 2 amide bonds. The van der Waals surface area contributed by atoms with Crippen molar-refractivity contribution in [2.75, 3.05) is 39.3 Å².